The highest BCUT2D eigenvalue weighted by Gasteiger charge is 2.27. The summed E-state index contributed by atoms with van der Waals surface area (Å²) in [6.07, 6.45) is 3.16. The Morgan fingerprint density at radius 3 is 2.82 bits per heavy atom. The SMILES string of the molecule is O=C(COc1cccc(F)c1)N1CCC(c2noc(-c3ccccn3)n2)CC1. The lowest BCUT2D eigenvalue weighted by Crippen LogP contribution is -2.40. The first-order chi connectivity index (χ1) is 13.7. The van der Waals surface area contributed by atoms with Crippen LogP contribution in [-0.2, 0) is 4.79 Å². The Hall–Kier alpha value is -3.29. The highest BCUT2D eigenvalue weighted by atomic mass is 19.1. The maximum atomic E-state index is 13.2. The van der Waals surface area contributed by atoms with Crippen LogP contribution in [0, 0.1) is 5.82 Å². The topological polar surface area (TPSA) is 81.4 Å². The van der Waals surface area contributed by atoms with E-state index in [9.17, 15) is 9.18 Å². The summed E-state index contributed by atoms with van der Waals surface area (Å²) in [5.41, 5.74) is 0.642. The molecule has 2 aromatic heterocycles. The fourth-order valence-electron chi connectivity index (χ4n) is 3.17. The van der Waals surface area contributed by atoms with E-state index in [0.29, 0.717) is 36.2 Å². The van der Waals surface area contributed by atoms with Gasteiger partial charge in [-0.2, -0.15) is 4.98 Å². The van der Waals surface area contributed by atoms with Gasteiger partial charge < -0.3 is 14.2 Å². The van der Waals surface area contributed by atoms with Gasteiger partial charge in [-0.1, -0.05) is 17.3 Å². The van der Waals surface area contributed by atoms with Crippen molar-refractivity contribution in [3.63, 3.8) is 0 Å². The summed E-state index contributed by atoms with van der Waals surface area (Å²) in [4.78, 5) is 22.7. The van der Waals surface area contributed by atoms with E-state index in [2.05, 4.69) is 15.1 Å². The van der Waals surface area contributed by atoms with Crippen LogP contribution in [0.5, 0.6) is 5.75 Å². The van der Waals surface area contributed by atoms with E-state index in [-0.39, 0.29) is 18.4 Å². The summed E-state index contributed by atoms with van der Waals surface area (Å²) in [7, 11) is 0. The van der Waals surface area contributed by atoms with Crippen molar-refractivity contribution in [3.05, 3.63) is 60.3 Å². The number of ether oxygens (including phenoxy) is 1. The summed E-state index contributed by atoms with van der Waals surface area (Å²) in [6, 6.07) is 11.3. The number of hydrogen-bond donors (Lipinski definition) is 0. The van der Waals surface area contributed by atoms with Gasteiger partial charge in [-0.05, 0) is 37.1 Å². The fraction of sp³-hybridized carbons (Fsp3) is 0.300. The van der Waals surface area contributed by atoms with Gasteiger partial charge >= 0.3 is 0 Å². The second-order valence-electron chi connectivity index (χ2n) is 6.57. The monoisotopic (exact) mass is 382 g/mol. The maximum absolute atomic E-state index is 13.2. The summed E-state index contributed by atoms with van der Waals surface area (Å²) >= 11 is 0. The minimum absolute atomic E-state index is 0.111. The molecule has 3 aromatic rings. The molecule has 28 heavy (non-hydrogen) atoms. The third-order valence-electron chi connectivity index (χ3n) is 4.70. The average molecular weight is 382 g/mol. The zero-order valence-electron chi connectivity index (χ0n) is 15.1. The fourth-order valence-corrected chi connectivity index (χ4v) is 3.17. The minimum Gasteiger partial charge on any atom is -0.484 e. The molecule has 1 amide bonds. The highest BCUT2D eigenvalue weighted by molar-refractivity contribution is 5.77. The molecule has 1 aliphatic rings. The smallest absolute Gasteiger partial charge is 0.276 e. The van der Waals surface area contributed by atoms with Gasteiger partial charge in [0.25, 0.3) is 11.8 Å². The van der Waals surface area contributed by atoms with Gasteiger partial charge in [0.15, 0.2) is 12.4 Å². The third kappa shape index (κ3) is 4.16. The molecule has 1 fully saturated rings. The lowest BCUT2D eigenvalue weighted by Gasteiger charge is -2.30. The first-order valence-electron chi connectivity index (χ1n) is 9.10. The van der Waals surface area contributed by atoms with Crippen LogP contribution >= 0.6 is 0 Å². The quantitative estimate of drug-likeness (QED) is 0.675. The zero-order valence-corrected chi connectivity index (χ0v) is 15.1. The number of hydrogen-bond acceptors (Lipinski definition) is 6. The molecule has 0 radical (unpaired) electrons. The molecule has 7 nitrogen and oxygen atoms in total. The molecule has 0 N–H and O–H groups in total. The number of carbonyl (C=O) groups is 1. The summed E-state index contributed by atoms with van der Waals surface area (Å²) < 4.78 is 23.9. The van der Waals surface area contributed by atoms with Crippen molar-refractivity contribution in [2.75, 3.05) is 19.7 Å². The Kier molecular flexibility index (Phi) is 5.27. The van der Waals surface area contributed by atoms with Crippen molar-refractivity contribution in [3.8, 4) is 17.3 Å². The first-order valence-corrected chi connectivity index (χ1v) is 9.10. The summed E-state index contributed by atoms with van der Waals surface area (Å²) in [6.45, 7) is 1.06. The number of amides is 1. The van der Waals surface area contributed by atoms with Gasteiger partial charge in [-0.25, -0.2) is 4.39 Å². The van der Waals surface area contributed by atoms with Gasteiger partial charge in [0, 0.05) is 31.3 Å². The van der Waals surface area contributed by atoms with Crippen LogP contribution in [0.3, 0.4) is 0 Å². The van der Waals surface area contributed by atoms with Crippen molar-refractivity contribution in [2.24, 2.45) is 0 Å². The number of halogens is 1. The number of piperidine rings is 1. The molecule has 1 saturated heterocycles. The van der Waals surface area contributed by atoms with Crippen LogP contribution in [0.2, 0.25) is 0 Å². The van der Waals surface area contributed by atoms with E-state index in [1.807, 2.05) is 18.2 Å². The van der Waals surface area contributed by atoms with Crippen LogP contribution in [0.1, 0.15) is 24.6 Å². The minimum atomic E-state index is -0.393. The Morgan fingerprint density at radius 1 is 1.21 bits per heavy atom. The molecule has 8 heteroatoms. The van der Waals surface area contributed by atoms with Gasteiger partial charge in [0.1, 0.15) is 17.3 Å². The number of nitrogens with zero attached hydrogens (tertiary/aromatic N) is 4. The molecule has 0 unspecified atom stereocenters. The number of likely N-dealkylation sites (tertiary alicyclic amines) is 1. The molecular formula is C20H19FN4O3. The molecule has 0 bridgehead atoms. The maximum Gasteiger partial charge on any atom is 0.276 e. The average Bonchev–Trinajstić information content (AvgIpc) is 3.23. The third-order valence-corrected chi connectivity index (χ3v) is 4.70. The van der Waals surface area contributed by atoms with Crippen LogP contribution in [0.4, 0.5) is 4.39 Å². The van der Waals surface area contributed by atoms with Crippen LogP contribution in [-0.4, -0.2) is 45.6 Å². The number of carbonyl (C=O) groups excluding carboxylic acids is 1. The summed E-state index contributed by atoms with van der Waals surface area (Å²) in [5, 5.41) is 4.08. The van der Waals surface area contributed by atoms with Gasteiger partial charge in [0.2, 0.25) is 0 Å². The molecule has 1 aromatic carbocycles. The van der Waals surface area contributed by atoms with Gasteiger partial charge in [-0.15, -0.1) is 0 Å². The molecule has 0 aliphatic carbocycles. The molecule has 0 atom stereocenters. The number of benzene rings is 1. The first kappa shape index (κ1) is 18.1. The largest absolute Gasteiger partial charge is 0.484 e. The molecule has 4 rings (SSSR count). The van der Waals surface area contributed by atoms with E-state index in [4.69, 9.17) is 9.26 Å². The van der Waals surface area contributed by atoms with Crippen LogP contribution in [0.15, 0.2) is 53.2 Å². The Labute approximate surface area is 161 Å². The lowest BCUT2D eigenvalue weighted by atomic mass is 9.96. The summed E-state index contributed by atoms with van der Waals surface area (Å²) in [5.74, 6) is 1.01. The predicted octanol–water partition coefficient (Wildman–Crippen LogP) is 3.06. The van der Waals surface area contributed by atoms with E-state index >= 15 is 0 Å². The predicted molar refractivity (Wildman–Crippen MR) is 98.0 cm³/mol. The van der Waals surface area contributed by atoms with Crippen molar-refractivity contribution in [1.82, 2.24) is 20.0 Å². The van der Waals surface area contributed by atoms with Crippen molar-refractivity contribution >= 4 is 5.91 Å². The van der Waals surface area contributed by atoms with Crippen LogP contribution in [0.25, 0.3) is 11.6 Å². The Morgan fingerprint density at radius 2 is 2.07 bits per heavy atom. The Balaban J connectivity index is 1.30. The normalized spacial score (nSPS) is 14.8. The molecule has 144 valence electrons. The second-order valence-corrected chi connectivity index (χ2v) is 6.57. The second kappa shape index (κ2) is 8.16. The number of pyridine rings is 1. The van der Waals surface area contributed by atoms with Gasteiger partial charge in [-0.3, -0.25) is 9.78 Å². The van der Waals surface area contributed by atoms with Gasteiger partial charge in [0.05, 0.1) is 0 Å². The van der Waals surface area contributed by atoms with Crippen molar-refractivity contribution in [2.45, 2.75) is 18.8 Å². The number of rotatable bonds is 5. The molecule has 0 saturated carbocycles. The van der Waals surface area contributed by atoms with E-state index in [1.165, 1.54) is 12.1 Å². The lowest BCUT2D eigenvalue weighted by molar-refractivity contribution is -0.134. The van der Waals surface area contributed by atoms with Crippen molar-refractivity contribution < 1.29 is 18.4 Å². The van der Waals surface area contributed by atoms with Crippen LogP contribution < -0.4 is 4.74 Å². The molecule has 3 heterocycles. The molecular weight excluding hydrogens is 363 g/mol. The highest BCUT2D eigenvalue weighted by Crippen LogP contribution is 2.27. The van der Waals surface area contributed by atoms with E-state index in [1.54, 1.807) is 23.2 Å². The van der Waals surface area contributed by atoms with E-state index < -0.39 is 5.82 Å². The zero-order chi connectivity index (χ0) is 19.3. The van der Waals surface area contributed by atoms with Crippen molar-refractivity contribution in [1.29, 1.82) is 0 Å². The molecule has 1 aliphatic heterocycles. The molecule has 0 spiro atoms. The van der Waals surface area contributed by atoms with E-state index in [0.717, 1.165) is 12.8 Å². The Bertz CT molecular complexity index is 939. The number of aromatic nitrogens is 3. The standard InChI is InChI=1S/C20H19FN4O3/c21-15-4-3-5-16(12-15)27-13-18(26)25-10-7-14(8-11-25)19-23-20(28-24-19)17-6-1-2-9-22-17/h1-6,9,12,14H,7-8,10-11,13H2.